The van der Waals surface area contributed by atoms with E-state index >= 15 is 0 Å². The van der Waals surface area contributed by atoms with Crippen molar-refractivity contribution in [3.63, 3.8) is 0 Å². The van der Waals surface area contributed by atoms with Gasteiger partial charge in [0.1, 0.15) is 0 Å². The van der Waals surface area contributed by atoms with Gasteiger partial charge in [-0.1, -0.05) is 25.0 Å². The molecule has 0 aromatic heterocycles. The molecule has 0 saturated heterocycles. The number of anilines is 1. The number of carbonyl (C=O) groups is 2. The van der Waals surface area contributed by atoms with Crippen molar-refractivity contribution in [1.29, 1.82) is 0 Å². The number of para-hydroxylation sites is 1. The number of hydrogen-bond donors (Lipinski definition) is 3. The number of benzene rings is 1. The molecule has 6 heteroatoms. The Hall–Kier alpha value is -1.59. The monoisotopic (exact) mass is 313 g/mol. The van der Waals surface area contributed by atoms with Crippen LogP contribution in [-0.2, 0) is 4.79 Å². The molecule has 0 heterocycles. The van der Waals surface area contributed by atoms with Crippen LogP contribution in [0.4, 0.5) is 5.69 Å². The molecule has 5 nitrogen and oxygen atoms in total. The van der Waals surface area contributed by atoms with E-state index in [0.717, 1.165) is 25.7 Å². The van der Waals surface area contributed by atoms with E-state index in [1.54, 1.807) is 31.3 Å². The highest BCUT2D eigenvalue weighted by atomic mass is 35.5. The predicted molar refractivity (Wildman–Crippen MR) is 87.8 cm³/mol. The van der Waals surface area contributed by atoms with Gasteiger partial charge in [0.25, 0.3) is 5.91 Å². The van der Waals surface area contributed by atoms with Gasteiger partial charge in [0.2, 0.25) is 5.91 Å². The zero-order chi connectivity index (χ0) is 14.8. The van der Waals surface area contributed by atoms with E-state index in [2.05, 4.69) is 10.6 Å². The fourth-order valence-electron chi connectivity index (χ4n) is 1.92. The number of hydrogen-bond acceptors (Lipinski definition) is 3. The van der Waals surface area contributed by atoms with E-state index in [9.17, 15) is 9.59 Å². The smallest absolute Gasteiger partial charge is 0.253 e. The summed E-state index contributed by atoms with van der Waals surface area (Å²) in [5.74, 6) is -0.266. The van der Waals surface area contributed by atoms with Crippen molar-refractivity contribution in [1.82, 2.24) is 5.32 Å². The van der Waals surface area contributed by atoms with Crippen LogP contribution in [-0.4, -0.2) is 25.4 Å². The zero-order valence-corrected chi connectivity index (χ0v) is 13.2. The first kappa shape index (κ1) is 19.4. The molecule has 0 unspecified atom stereocenters. The molecule has 0 atom stereocenters. The number of nitrogens with one attached hydrogen (secondary N) is 2. The molecule has 0 aliphatic heterocycles. The van der Waals surface area contributed by atoms with E-state index < -0.39 is 0 Å². The third-order valence-electron chi connectivity index (χ3n) is 3.03. The van der Waals surface area contributed by atoms with Crippen molar-refractivity contribution in [3.05, 3.63) is 29.8 Å². The summed E-state index contributed by atoms with van der Waals surface area (Å²) in [6.45, 7) is 0.700. The second kappa shape index (κ2) is 11.1. The molecule has 0 saturated carbocycles. The highest BCUT2D eigenvalue weighted by Crippen LogP contribution is 2.15. The van der Waals surface area contributed by atoms with E-state index in [4.69, 9.17) is 5.73 Å². The minimum absolute atomic E-state index is 0. The number of unbranched alkanes of at least 4 members (excludes halogenated alkanes) is 3. The molecule has 2 amide bonds. The van der Waals surface area contributed by atoms with Gasteiger partial charge >= 0.3 is 0 Å². The Labute approximate surface area is 132 Å². The maximum absolute atomic E-state index is 11.8. The molecule has 0 aliphatic rings. The van der Waals surface area contributed by atoms with Crippen molar-refractivity contribution < 1.29 is 9.59 Å². The first-order valence-electron chi connectivity index (χ1n) is 7.00. The average molecular weight is 314 g/mol. The minimum atomic E-state index is -0.205. The Morgan fingerprint density at radius 3 is 2.43 bits per heavy atom. The van der Waals surface area contributed by atoms with Crippen molar-refractivity contribution in [2.45, 2.75) is 32.1 Å². The van der Waals surface area contributed by atoms with Crippen molar-refractivity contribution in [3.8, 4) is 0 Å². The number of carbonyl (C=O) groups excluding carboxylic acids is 2. The predicted octanol–water partition coefficient (Wildman–Crippen LogP) is 2.32. The largest absolute Gasteiger partial charge is 0.355 e. The second-order valence-electron chi connectivity index (χ2n) is 4.63. The van der Waals surface area contributed by atoms with Crippen molar-refractivity contribution in [2.75, 3.05) is 18.9 Å². The summed E-state index contributed by atoms with van der Waals surface area (Å²) in [5, 5.41) is 5.35. The van der Waals surface area contributed by atoms with Gasteiger partial charge in [-0.3, -0.25) is 9.59 Å². The van der Waals surface area contributed by atoms with Crippen LogP contribution < -0.4 is 16.4 Å². The van der Waals surface area contributed by atoms with Gasteiger partial charge < -0.3 is 16.4 Å². The van der Waals surface area contributed by atoms with Gasteiger partial charge in [0.15, 0.2) is 0 Å². The van der Waals surface area contributed by atoms with Gasteiger partial charge in [-0.15, -0.1) is 12.4 Å². The Bertz CT molecular complexity index is 452. The first-order valence-corrected chi connectivity index (χ1v) is 7.00. The molecule has 4 N–H and O–H groups in total. The van der Waals surface area contributed by atoms with Crippen LogP contribution in [0.2, 0.25) is 0 Å². The van der Waals surface area contributed by atoms with Crippen LogP contribution in [0.1, 0.15) is 42.5 Å². The summed E-state index contributed by atoms with van der Waals surface area (Å²) in [6.07, 6.45) is 4.36. The van der Waals surface area contributed by atoms with Crippen LogP contribution in [0.15, 0.2) is 24.3 Å². The summed E-state index contributed by atoms with van der Waals surface area (Å²) in [7, 11) is 1.57. The lowest BCUT2D eigenvalue weighted by molar-refractivity contribution is -0.116. The Morgan fingerprint density at radius 1 is 1.10 bits per heavy atom. The standard InChI is InChI=1S/C15H23N3O2.ClH/c1-17-15(20)12-8-5-6-9-13(12)18-14(19)10-4-2-3-7-11-16;/h5-6,8-9H,2-4,7,10-11,16H2,1H3,(H,17,20)(H,18,19);1H. The average Bonchev–Trinajstić information content (AvgIpc) is 2.47. The van der Waals surface area contributed by atoms with E-state index in [0.29, 0.717) is 24.2 Å². The maximum atomic E-state index is 11.8. The van der Waals surface area contributed by atoms with Gasteiger partial charge in [0, 0.05) is 13.5 Å². The Balaban J connectivity index is 0.00000400. The molecule has 21 heavy (non-hydrogen) atoms. The normalized spacial score (nSPS) is 9.62. The molecule has 118 valence electrons. The van der Waals surface area contributed by atoms with Crippen molar-refractivity contribution >= 4 is 29.9 Å². The molecule has 0 bridgehead atoms. The molecule has 0 aliphatic carbocycles. The van der Waals surface area contributed by atoms with Crippen LogP contribution >= 0.6 is 12.4 Å². The van der Waals surface area contributed by atoms with Gasteiger partial charge in [-0.25, -0.2) is 0 Å². The van der Waals surface area contributed by atoms with Gasteiger partial charge in [-0.2, -0.15) is 0 Å². The van der Waals surface area contributed by atoms with Gasteiger partial charge in [0.05, 0.1) is 11.3 Å². The highest BCUT2D eigenvalue weighted by Gasteiger charge is 2.11. The summed E-state index contributed by atoms with van der Waals surface area (Å²) in [5.41, 5.74) is 6.45. The highest BCUT2D eigenvalue weighted by molar-refractivity contribution is 6.03. The lowest BCUT2D eigenvalue weighted by atomic mass is 10.1. The molecule has 0 fully saturated rings. The molecule has 1 aromatic rings. The third kappa shape index (κ3) is 7.11. The van der Waals surface area contributed by atoms with Gasteiger partial charge in [-0.05, 0) is 31.5 Å². The van der Waals surface area contributed by atoms with Crippen LogP contribution in [0, 0.1) is 0 Å². The van der Waals surface area contributed by atoms with Crippen LogP contribution in [0.5, 0.6) is 0 Å². The topological polar surface area (TPSA) is 84.2 Å². The number of amides is 2. The summed E-state index contributed by atoms with van der Waals surface area (Å²) in [4.78, 5) is 23.5. The molecule has 0 spiro atoms. The quantitative estimate of drug-likeness (QED) is 0.644. The van der Waals surface area contributed by atoms with Crippen molar-refractivity contribution in [2.24, 2.45) is 5.73 Å². The third-order valence-corrected chi connectivity index (χ3v) is 3.03. The lowest BCUT2D eigenvalue weighted by Gasteiger charge is -2.10. The number of rotatable bonds is 8. The molecule has 0 radical (unpaired) electrons. The fraction of sp³-hybridized carbons (Fsp3) is 0.467. The number of nitrogens with two attached hydrogens (primary N) is 1. The summed E-state index contributed by atoms with van der Waals surface area (Å²) < 4.78 is 0. The zero-order valence-electron chi connectivity index (χ0n) is 12.4. The van der Waals surface area contributed by atoms with E-state index in [1.807, 2.05) is 0 Å². The van der Waals surface area contributed by atoms with E-state index in [1.165, 1.54) is 0 Å². The molecule has 1 rings (SSSR count). The Morgan fingerprint density at radius 2 is 1.76 bits per heavy atom. The second-order valence-corrected chi connectivity index (χ2v) is 4.63. The first-order chi connectivity index (χ1) is 9.69. The summed E-state index contributed by atoms with van der Waals surface area (Å²) in [6, 6.07) is 6.99. The maximum Gasteiger partial charge on any atom is 0.253 e. The number of halogens is 1. The molecule has 1 aromatic carbocycles. The molecular weight excluding hydrogens is 290 g/mol. The SMILES string of the molecule is CNC(=O)c1ccccc1NC(=O)CCCCCCN.Cl. The van der Waals surface area contributed by atoms with E-state index in [-0.39, 0.29) is 24.2 Å². The fourth-order valence-corrected chi connectivity index (χ4v) is 1.92. The van der Waals surface area contributed by atoms with Crippen LogP contribution in [0.25, 0.3) is 0 Å². The molecular formula is C15H24ClN3O2. The summed E-state index contributed by atoms with van der Waals surface area (Å²) >= 11 is 0. The Kier molecular flexibility index (Phi) is 10.3. The van der Waals surface area contributed by atoms with Crippen LogP contribution in [0.3, 0.4) is 0 Å². The lowest BCUT2D eigenvalue weighted by Crippen LogP contribution is -2.21. The minimum Gasteiger partial charge on any atom is -0.355 e.